The minimum atomic E-state index is 0.113. The molecular formula is C17H20N2O2. The fraction of sp³-hybridized carbons (Fsp3) is 0.353. The molecule has 1 heterocycles. The Bertz CT molecular complexity index is 616. The monoisotopic (exact) mass is 284 g/mol. The van der Waals surface area contributed by atoms with Crippen molar-refractivity contribution >= 4 is 16.7 Å². The van der Waals surface area contributed by atoms with Crippen molar-refractivity contribution in [2.24, 2.45) is 5.92 Å². The first-order valence-electron chi connectivity index (χ1n) is 7.43. The molecule has 1 amide bonds. The van der Waals surface area contributed by atoms with E-state index in [0.29, 0.717) is 13.2 Å². The molecule has 4 nitrogen and oxygen atoms in total. The molecule has 1 saturated heterocycles. The lowest BCUT2D eigenvalue weighted by atomic mass is 10.1. The number of fused-ring (bicyclic) bond motifs is 1. The summed E-state index contributed by atoms with van der Waals surface area (Å²) in [5.74, 6) is 1.11. The molecule has 2 aromatic rings. The molecule has 2 N–H and O–H groups in total. The Labute approximate surface area is 124 Å². The van der Waals surface area contributed by atoms with E-state index in [9.17, 15) is 4.79 Å². The van der Waals surface area contributed by atoms with Crippen molar-refractivity contribution in [1.29, 1.82) is 0 Å². The number of nitrogens with one attached hydrogen (secondary N) is 2. The summed E-state index contributed by atoms with van der Waals surface area (Å²) < 4.78 is 5.80. The third-order valence-corrected chi connectivity index (χ3v) is 3.84. The van der Waals surface area contributed by atoms with Crippen molar-refractivity contribution in [3.63, 3.8) is 0 Å². The Morgan fingerprint density at radius 2 is 2.10 bits per heavy atom. The minimum Gasteiger partial charge on any atom is -0.491 e. The van der Waals surface area contributed by atoms with Gasteiger partial charge in [-0.1, -0.05) is 36.4 Å². The normalized spacial score (nSPS) is 17.8. The lowest BCUT2D eigenvalue weighted by Gasteiger charge is -2.12. The Morgan fingerprint density at radius 3 is 2.95 bits per heavy atom. The van der Waals surface area contributed by atoms with Crippen LogP contribution in [0.2, 0.25) is 0 Å². The topological polar surface area (TPSA) is 50.4 Å². The highest BCUT2D eigenvalue weighted by atomic mass is 16.5. The van der Waals surface area contributed by atoms with Crippen molar-refractivity contribution in [3.8, 4) is 5.75 Å². The molecular weight excluding hydrogens is 264 g/mol. The molecule has 1 fully saturated rings. The van der Waals surface area contributed by atoms with Crippen LogP contribution >= 0.6 is 0 Å². The fourth-order valence-corrected chi connectivity index (χ4v) is 2.68. The minimum absolute atomic E-state index is 0.113. The van der Waals surface area contributed by atoms with Gasteiger partial charge in [0, 0.05) is 11.9 Å². The lowest BCUT2D eigenvalue weighted by molar-refractivity contribution is -0.124. The number of carbonyl (C=O) groups excluding carboxylic acids is 1. The van der Waals surface area contributed by atoms with Crippen LogP contribution in [0.5, 0.6) is 5.75 Å². The van der Waals surface area contributed by atoms with Crippen molar-refractivity contribution in [2.45, 2.75) is 6.42 Å². The first-order chi connectivity index (χ1) is 10.3. The molecule has 21 heavy (non-hydrogen) atoms. The molecule has 110 valence electrons. The summed E-state index contributed by atoms with van der Waals surface area (Å²) in [6, 6.07) is 14.2. The van der Waals surface area contributed by atoms with E-state index in [1.165, 1.54) is 0 Å². The van der Waals surface area contributed by atoms with Crippen LogP contribution < -0.4 is 15.4 Å². The van der Waals surface area contributed by atoms with Gasteiger partial charge in [0.25, 0.3) is 0 Å². The Kier molecular flexibility index (Phi) is 4.36. The van der Waals surface area contributed by atoms with Crippen LogP contribution in [0.15, 0.2) is 42.5 Å². The number of amides is 1. The molecule has 0 aromatic heterocycles. The molecule has 2 aromatic carbocycles. The molecule has 0 aliphatic carbocycles. The maximum atomic E-state index is 11.9. The van der Waals surface area contributed by atoms with E-state index >= 15 is 0 Å². The molecule has 0 saturated carbocycles. The fourth-order valence-electron chi connectivity index (χ4n) is 2.68. The molecule has 1 aliphatic rings. The quantitative estimate of drug-likeness (QED) is 0.825. The molecule has 4 heteroatoms. The maximum absolute atomic E-state index is 11.9. The number of ether oxygens (including phenoxy) is 1. The van der Waals surface area contributed by atoms with Crippen molar-refractivity contribution in [1.82, 2.24) is 10.6 Å². The first kappa shape index (κ1) is 13.9. The molecule has 1 aliphatic heterocycles. The van der Waals surface area contributed by atoms with Gasteiger partial charge in [0.05, 0.1) is 12.5 Å². The van der Waals surface area contributed by atoms with E-state index in [-0.39, 0.29) is 11.8 Å². The van der Waals surface area contributed by atoms with E-state index in [0.717, 1.165) is 36.0 Å². The van der Waals surface area contributed by atoms with Gasteiger partial charge in [-0.25, -0.2) is 0 Å². The number of carbonyl (C=O) groups is 1. The Balaban J connectivity index is 1.51. The molecule has 3 rings (SSSR count). The number of benzene rings is 2. The van der Waals surface area contributed by atoms with Gasteiger partial charge in [0.1, 0.15) is 12.4 Å². The van der Waals surface area contributed by atoms with Crippen LogP contribution in [0, 0.1) is 5.92 Å². The Morgan fingerprint density at radius 1 is 1.24 bits per heavy atom. The predicted octanol–water partition coefficient (Wildman–Crippen LogP) is 1.94. The number of rotatable bonds is 5. The summed E-state index contributed by atoms with van der Waals surface area (Å²) >= 11 is 0. The van der Waals surface area contributed by atoms with Crippen molar-refractivity contribution in [2.75, 3.05) is 26.2 Å². The van der Waals surface area contributed by atoms with Gasteiger partial charge in [-0.15, -0.1) is 0 Å². The van der Waals surface area contributed by atoms with Gasteiger partial charge < -0.3 is 15.4 Å². The molecule has 1 unspecified atom stereocenters. The summed E-state index contributed by atoms with van der Waals surface area (Å²) in [5, 5.41) is 8.40. The molecule has 0 spiro atoms. The highest BCUT2D eigenvalue weighted by Crippen LogP contribution is 2.24. The Hall–Kier alpha value is -2.07. The third-order valence-electron chi connectivity index (χ3n) is 3.84. The first-order valence-corrected chi connectivity index (χ1v) is 7.43. The van der Waals surface area contributed by atoms with E-state index in [2.05, 4.69) is 22.8 Å². The van der Waals surface area contributed by atoms with E-state index in [1.54, 1.807) is 0 Å². The van der Waals surface area contributed by atoms with Gasteiger partial charge in [-0.3, -0.25) is 4.79 Å². The predicted molar refractivity (Wildman–Crippen MR) is 83.4 cm³/mol. The van der Waals surface area contributed by atoms with Gasteiger partial charge in [-0.05, 0) is 24.4 Å². The van der Waals surface area contributed by atoms with E-state index in [4.69, 9.17) is 4.74 Å². The third kappa shape index (κ3) is 3.34. The summed E-state index contributed by atoms with van der Waals surface area (Å²) in [6.45, 7) is 2.75. The van der Waals surface area contributed by atoms with Crippen LogP contribution in [-0.2, 0) is 4.79 Å². The number of hydrogen-bond donors (Lipinski definition) is 2. The zero-order valence-electron chi connectivity index (χ0n) is 12.0. The zero-order chi connectivity index (χ0) is 14.5. The van der Waals surface area contributed by atoms with Crippen LogP contribution in [0.3, 0.4) is 0 Å². The summed E-state index contributed by atoms with van der Waals surface area (Å²) in [5.41, 5.74) is 0. The smallest absolute Gasteiger partial charge is 0.224 e. The van der Waals surface area contributed by atoms with E-state index in [1.807, 2.05) is 30.3 Å². The van der Waals surface area contributed by atoms with Gasteiger partial charge in [0.2, 0.25) is 5.91 Å². The van der Waals surface area contributed by atoms with Crippen molar-refractivity contribution in [3.05, 3.63) is 42.5 Å². The largest absolute Gasteiger partial charge is 0.491 e. The molecule has 0 radical (unpaired) electrons. The highest BCUT2D eigenvalue weighted by Gasteiger charge is 2.21. The maximum Gasteiger partial charge on any atom is 0.224 e. The van der Waals surface area contributed by atoms with Gasteiger partial charge in [-0.2, -0.15) is 0 Å². The molecule has 0 bridgehead atoms. The van der Waals surface area contributed by atoms with Crippen LogP contribution in [0.25, 0.3) is 10.8 Å². The summed E-state index contributed by atoms with van der Waals surface area (Å²) in [4.78, 5) is 11.9. The average molecular weight is 284 g/mol. The average Bonchev–Trinajstić information content (AvgIpc) is 3.06. The van der Waals surface area contributed by atoms with Gasteiger partial charge >= 0.3 is 0 Å². The van der Waals surface area contributed by atoms with Crippen molar-refractivity contribution < 1.29 is 9.53 Å². The second kappa shape index (κ2) is 6.59. The SMILES string of the molecule is O=C(NCCOc1cccc2ccccc12)C1CCNC1. The zero-order valence-corrected chi connectivity index (χ0v) is 12.0. The van der Waals surface area contributed by atoms with E-state index < -0.39 is 0 Å². The number of hydrogen-bond acceptors (Lipinski definition) is 3. The highest BCUT2D eigenvalue weighted by molar-refractivity contribution is 5.88. The lowest BCUT2D eigenvalue weighted by Crippen LogP contribution is -2.34. The summed E-state index contributed by atoms with van der Waals surface area (Å²) in [7, 11) is 0. The van der Waals surface area contributed by atoms with Gasteiger partial charge in [0.15, 0.2) is 0 Å². The van der Waals surface area contributed by atoms with Crippen LogP contribution in [0.4, 0.5) is 0 Å². The summed E-state index contributed by atoms with van der Waals surface area (Å²) in [6.07, 6.45) is 0.927. The van der Waals surface area contributed by atoms with Crippen LogP contribution in [0.1, 0.15) is 6.42 Å². The second-order valence-corrected chi connectivity index (χ2v) is 5.31. The second-order valence-electron chi connectivity index (χ2n) is 5.31. The standard InChI is InChI=1S/C17H20N2O2/c20-17(14-8-9-18-12-14)19-10-11-21-16-7-3-5-13-4-1-2-6-15(13)16/h1-7,14,18H,8-12H2,(H,19,20). The van der Waals surface area contributed by atoms with Crippen LogP contribution in [-0.4, -0.2) is 32.1 Å². The molecule has 1 atom stereocenters.